The van der Waals surface area contributed by atoms with Gasteiger partial charge in [-0.25, -0.2) is 4.39 Å². The number of halogens is 1. The summed E-state index contributed by atoms with van der Waals surface area (Å²) >= 11 is 0.775. The molecule has 0 saturated heterocycles. The molecule has 4 rings (SSSR count). The summed E-state index contributed by atoms with van der Waals surface area (Å²) < 4.78 is 12.9. The predicted molar refractivity (Wildman–Crippen MR) is 105 cm³/mol. The van der Waals surface area contributed by atoms with E-state index in [0.29, 0.717) is 17.8 Å². The van der Waals surface area contributed by atoms with Crippen LogP contribution in [0.5, 0.6) is 0 Å². The highest BCUT2D eigenvalue weighted by molar-refractivity contribution is 8.13. The molecule has 148 valence electrons. The van der Waals surface area contributed by atoms with E-state index in [9.17, 15) is 19.1 Å². The molecule has 0 aliphatic heterocycles. The van der Waals surface area contributed by atoms with Crippen molar-refractivity contribution in [1.29, 1.82) is 0 Å². The first-order chi connectivity index (χ1) is 12.9. The number of carbonyl (C=O) groups excluding carboxylic acids is 2. The van der Waals surface area contributed by atoms with E-state index < -0.39 is 11.4 Å². The molecule has 0 amide bonds. The quantitative estimate of drug-likeness (QED) is 0.777. The van der Waals surface area contributed by atoms with Gasteiger partial charge in [0.1, 0.15) is 6.01 Å². The molecule has 0 aromatic carbocycles. The molecule has 0 aromatic heterocycles. The van der Waals surface area contributed by atoms with E-state index >= 15 is 0 Å². The van der Waals surface area contributed by atoms with Crippen LogP contribution in [0.1, 0.15) is 46.0 Å². The van der Waals surface area contributed by atoms with E-state index in [1.54, 1.807) is 6.08 Å². The molecule has 4 aliphatic carbocycles. The maximum atomic E-state index is 12.9. The van der Waals surface area contributed by atoms with E-state index in [4.69, 9.17) is 0 Å². The van der Waals surface area contributed by atoms with E-state index in [0.717, 1.165) is 43.9 Å². The van der Waals surface area contributed by atoms with E-state index in [1.165, 1.54) is 5.57 Å². The third-order valence-electron chi connectivity index (χ3n) is 8.37. The highest BCUT2D eigenvalue weighted by Gasteiger charge is 2.63. The lowest BCUT2D eigenvalue weighted by Crippen LogP contribution is -2.52. The van der Waals surface area contributed by atoms with E-state index in [2.05, 4.69) is 19.9 Å². The number of fused-ring (bicyclic) bond motifs is 5. The first-order valence-electron chi connectivity index (χ1n) is 10.1. The summed E-state index contributed by atoms with van der Waals surface area (Å²) in [5, 5.41) is 10.4. The average molecular weight is 393 g/mol. The summed E-state index contributed by atoms with van der Waals surface area (Å²) in [5.41, 5.74) is 0.766. The van der Waals surface area contributed by atoms with Crippen molar-refractivity contribution in [3.8, 4) is 0 Å². The Morgan fingerprint density at radius 3 is 2.85 bits per heavy atom. The van der Waals surface area contributed by atoms with Gasteiger partial charge < -0.3 is 5.11 Å². The molecule has 3 saturated carbocycles. The van der Waals surface area contributed by atoms with Crippen LogP contribution in [-0.4, -0.2) is 28.6 Å². The highest BCUT2D eigenvalue weighted by atomic mass is 32.2. The summed E-state index contributed by atoms with van der Waals surface area (Å²) in [4.78, 5) is 24.6. The lowest BCUT2D eigenvalue weighted by atomic mass is 9.47. The van der Waals surface area contributed by atoms with Gasteiger partial charge in [-0.1, -0.05) is 37.3 Å². The molecule has 0 heterocycles. The van der Waals surface area contributed by atoms with Crippen molar-refractivity contribution in [2.45, 2.75) is 46.0 Å². The number of hydrogen-bond donors (Lipinski definition) is 1. The summed E-state index contributed by atoms with van der Waals surface area (Å²) in [7, 11) is 0. The topological polar surface area (TPSA) is 54.4 Å². The van der Waals surface area contributed by atoms with Gasteiger partial charge in [0.25, 0.3) is 0 Å². The molecular weight excluding hydrogens is 363 g/mol. The number of thioether (sulfide) groups is 1. The zero-order chi connectivity index (χ0) is 19.4. The molecule has 27 heavy (non-hydrogen) atoms. The van der Waals surface area contributed by atoms with Crippen LogP contribution in [0, 0.1) is 40.4 Å². The number of alkyl halides is 1. The van der Waals surface area contributed by atoms with Crippen molar-refractivity contribution < 1.29 is 19.1 Å². The van der Waals surface area contributed by atoms with Crippen molar-refractivity contribution in [3.05, 3.63) is 23.8 Å². The number of hydrogen-bond acceptors (Lipinski definition) is 4. The van der Waals surface area contributed by atoms with Crippen LogP contribution in [0.2, 0.25) is 0 Å². The average Bonchev–Trinajstić information content (AvgIpc) is 2.95. The first kappa shape index (κ1) is 19.4. The molecule has 0 radical (unpaired) electrons. The van der Waals surface area contributed by atoms with Gasteiger partial charge in [-0.2, -0.15) is 0 Å². The summed E-state index contributed by atoms with van der Waals surface area (Å²) in [5.74, 6) is 1.21. The Kier molecular flexibility index (Phi) is 4.91. The van der Waals surface area contributed by atoms with Crippen LogP contribution in [0.3, 0.4) is 0 Å². The van der Waals surface area contributed by atoms with Crippen LogP contribution in [0.4, 0.5) is 4.39 Å². The maximum absolute atomic E-state index is 12.9. The van der Waals surface area contributed by atoms with Crippen LogP contribution < -0.4 is 0 Å². The second-order valence-corrected chi connectivity index (χ2v) is 10.2. The van der Waals surface area contributed by atoms with Gasteiger partial charge in [0, 0.05) is 23.4 Å². The van der Waals surface area contributed by atoms with E-state index in [-0.39, 0.29) is 34.8 Å². The number of aliphatic hydroxyl groups is 1. The van der Waals surface area contributed by atoms with Gasteiger partial charge in [0.05, 0.1) is 0 Å². The standard InChI is InChI=1S/C22H29FO3S/c1-13-9-18-16-4-3-14-10-15(25)5-7-21(14,2)17(16)6-8-22(18,11-24)19(13)20(26)27-12-23/h5,7,10,13,16-19,24H,3-4,6,8-9,11-12H2,1-2H3/t13-,16-,17+,18+,19-,21+,22-/m1/s1. The second kappa shape index (κ2) is 6.84. The predicted octanol–water partition coefficient (Wildman–Crippen LogP) is 4.32. The molecule has 7 atom stereocenters. The van der Waals surface area contributed by atoms with Gasteiger partial charge in [-0.15, -0.1) is 0 Å². The normalized spacial score (nSPS) is 45.7. The molecule has 0 bridgehead atoms. The number of carbonyl (C=O) groups is 2. The fourth-order valence-corrected chi connectivity index (χ4v) is 8.00. The van der Waals surface area contributed by atoms with Crippen LogP contribution in [0.15, 0.2) is 23.8 Å². The minimum absolute atomic E-state index is 0.0161. The van der Waals surface area contributed by atoms with Crippen molar-refractivity contribution in [2.75, 3.05) is 12.6 Å². The lowest BCUT2D eigenvalue weighted by molar-refractivity contribution is -0.127. The molecule has 1 N–H and O–H groups in total. The summed E-state index contributed by atoms with van der Waals surface area (Å²) in [6.45, 7) is 4.37. The number of ketones is 1. The molecule has 5 heteroatoms. The highest BCUT2D eigenvalue weighted by Crippen LogP contribution is 2.67. The Morgan fingerprint density at radius 2 is 2.15 bits per heavy atom. The summed E-state index contributed by atoms with van der Waals surface area (Å²) in [6.07, 6.45) is 10.3. The molecule has 0 aromatic rings. The van der Waals surface area contributed by atoms with Gasteiger partial charge in [0.15, 0.2) is 10.9 Å². The van der Waals surface area contributed by atoms with Gasteiger partial charge in [-0.3, -0.25) is 9.59 Å². The SMILES string of the molecule is C[C@@H]1C[C@H]2[C@@H]3CCC4=CC(=O)C=C[C@]4(C)[C@H]3CC[C@]2(CO)[C@H]1C(=O)SCF. The smallest absolute Gasteiger partial charge is 0.195 e. The number of rotatable bonds is 3. The molecule has 0 spiro atoms. The maximum Gasteiger partial charge on any atom is 0.195 e. The largest absolute Gasteiger partial charge is 0.396 e. The van der Waals surface area contributed by atoms with E-state index in [1.807, 2.05) is 6.08 Å². The van der Waals surface area contributed by atoms with Crippen molar-refractivity contribution >= 4 is 22.7 Å². The fourth-order valence-electron chi connectivity index (χ4n) is 7.24. The van der Waals surface area contributed by atoms with Gasteiger partial charge >= 0.3 is 0 Å². The summed E-state index contributed by atoms with van der Waals surface area (Å²) in [6, 6.07) is -0.689. The molecule has 4 aliphatic rings. The van der Waals surface area contributed by atoms with Crippen LogP contribution in [-0.2, 0) is 9.59 Å². The monoisotopic (exact) mass is 392 g/mol. The Morgan fingerprint density at radius 1 is 1.37 bits per heavy atom. The first-order valence-corrected chi connectivity index (χ1v) is 11.1. The molecule has 3 nitrogen and oxygen atoms in total. The Hall–Kier alpha value is -0.940. The zero-order valence-corrected chi connectivity index (χ0v) is 16.9. The lowest BCUT2D eigenvalue weighted by Gasteiger charge is -2.57. The van der Waals surface area contributed by atoms with Crippen molar-refractivity contribution in [3.63, 3.8) is 0 Å². The van der Waals surface area contributed by atoms with Crippen molar-refractivity contribution in [2.24, 2.45) is 40.4 Å². The third-order valence-corrected chi connectivity index (χ3v) is 9.02. The van der Waals surface area contributed by atoms with Crippen molar-refractivity contribution in [1.82, 2.24) is 0 Å². The van der Waals surface area contributed by atoms with Gasteiger partial charge in [0.2, 0.25) is 0 Å². The minimum atomic E-state index is -0.689. The Balaban J connectivity index is 1.69. The zero-order valence-electron chi connectivity index (χ0n) is 16.1. The van der Waals surface area contributed by atoms with Gasteiger partial charge in [-0.05, 0) is 67.9 Å². The van der Waals surface area contributed by atoms with Crippen LogP contribution >= 0.6 is 11.8 Å². The fraction of sp³-hybridized carbons (Fsp3) is 0.727. The Labute approximate surface area is 164 Å². The second-order valence-electron chi connectivity index (χ2n) is 9.30. The third kappa shape index (κ3) is 2.71. The number of aliphatic hydroxyl groups excluding tert-OH is 1. The molecule has 0 unspecified atom stereocenters. The van der Waals surface area contributed by atoms with Crippen LogP contribution in [0.25, 0.3) is 0 Å². The minimum Gasteiger partial charge on any atom is -0.396 e. The molecular formula is C22H29FO3S. The Bertz CT molecular complexity index is 716. The molecule has 3 fully saturated rings. The number of allylic oxidation sites excluding steroid dienone is 4.